The van der Waals surface area contributed by atoms with Gasteiger partial charge in [0.1, 0.15) is 0 Å². The first-order chi connectivity index (χ1) is 12.3. The minimum Gasteiger partial charge on any atom is -0.261 e. The van der Waals surface area contributed by atoms with Crippen LogP contribution in [0.1, 0.15) is 93.0 Å². The summed E-state index contributed by atoms with van der Waals surface area (Å²) >= 11 is 0. The Balaban J connectivity index is 1.52. The average molecular weight is 336 g/mol. The van der Waals surface area contributed by atoms with E-state index in [2.05, 4.69) is 56.4 Å². The van der Waals surface area contributed by atoms with Crippen LogP contribution in [0, 0.1) is 0 Å². The predicted octanol–water partition coefficient (Wildman–Crippen LogP) is 6.82. The van der Waals surface area contributed by atoms with E-state index in [-0.39, 0.29) is 0 Å². The van der Waals surface area contributed by atoms with Gasteiger partial charge in [-0.3, -0.25) is 4.98 Å². The summed E-state index contributed by atoms with van der Waals surface area (Å²) in [6.45, 7) is 4.48. The lowest BCUT2D eigenvalue weighted by Gasteiger charge is -2.28. The number of nitrogens with zero attached hydrogens (tertiary/aromatic N) is 1. The Bertz CT molecular complexity index is 618. The van der Waals surface area contributed by atoms with Gasteiger partial charge in [0.05, 0.1) is 0 Å². The van der Waals surface area contributed by atoms with E-state index in [1.165, 1.54) is 73.8 Å². The maximum Gasteiger partial charge on any atom is 0.0434 e. The van der Waals surface area contributed by atoms with E-state index in [1.807, 2.05) is 0 Å². The Kier molecular flexibility index (Phi) is 6.67. The highest BCUT2D eigenvalue weighted by atomic mass is 14.7. The van der Waals surface area contributed by atoms with Crippen molar-refractivity contribution in [1.82, 2.24) is 4.98 Å². The first-order valence-electron chi connectivity index (χ1n) is 10.3. The number of unbranched alkanes of at least 4 members (excludes halogenated alkanes) is 2. The molecule has 0 radical (unpaired) electrons. The molecule has 3 rings (SSSR count). The van der Waals surface area contributed by atoms with Crippen LogP contribution in [0.3, 0.4) is 0 Å². The Morgan fingerprint density at radius 3 is 2.08 bits per heavy atom. The molecule has 0 amide bonds. The summed E-state index contributed by atoms with van der Waals surface area (Å²) in [6, 6.07) is 13.9. The summed E-state index contributed by atoms with van der Waals surface area (Å²) in [7, 11) is 0. The largest absolute Gasteiger partial charge is 0.261 e. The van der Waals surface area contributed by atoms with E-state index in [4.69, 9.17) is 4.98 Å². The van der Waals surface area contributed by atoms with Gasteiger partial charge in [-0.05, 0) is 73.6 Å². The molecular weight excluding hydrogens is 302 g/mol. The van der Waals surface area contributed by atoms with E-state index in [0.717, 1.165) is 12.3 Å². The number of hydrogen-bond acceptors (Lipinski definition) is 1. The Hall–Kier alpha value is -1.63. The molecule has 1 heteroatoms. The fourth-order valence-corrected chi connectivity index (χ4v) is 4.15. The summed E-state index contributed by atoms with van der Waals surface area (Å²) in [5, 5.41) is 0. The van der Waals surface area contributed by atoms with Gasteiger partial charge in [-0.25, -0.2) is 0 Å². The summed E-state index contributed by atoms with van der Waals surface area (Å²) in [6.07, 6.45) is 13.5. The Morgan fingerprint density at radius 1 is 0.800 bits per heavy atom. The van der Waals surface area contributed by atoms with Crippen molar-refractivity contribution in [2.24, 2.45) is 0 Å². The van der Waals surface area contributed by atoms with Crippen LogP contribution in [0.15, 0.2) is 42.6 Å². The molecule has 25 heavy (non-hydrogen) atoms. The third-order valence-electron chi connectivity index (χ3n) is 5.92. The third-order valence-corrected chi connectivity index (χ3v) is 5.92. The fraction of sp³-hybridized carbons (Fsp3) is 0.542. The van der Waals surface area contributed by atoms with Crippen molar-refractivity contribution < 1.29 is 0 Å². The van der Waals surface area contributed by atoms with Crippen molar-refractivity contribution in [2.75, 3.05) is 0 Å². The Labute approximate surface area is 153 Å². The second-order valence-corrected chi connectivity index (χ2v) is 7.69. The molecule has 1 aliphatic carbocycles. The molecule has 0 unspecified atom stereocenters. The second-order valence-electron chi connectivity index (χ2n) is 7.69. The van der Waals surface area contributed by atoms with Gasteiger partial charge in [0.25, 0.3) is 0 Å². The molecular formula is C24H33N. The van der Waals surface area contributed by atoms with Gasteiger partial charge in [0, 0.05) is 17.8 Å². The highest BCUT2D eigenvalue weighted by Gasteiger charge is 2.24. The van der Waals surface area contributed by atoms with Gasteiger partial charge in [0.2, 0.25) is 0 Å². The molecule has 0 N–H and O–H groups in total. The van der Waals surface area contributed by atoms with Crippen LogP contribution >= 0.6 is 0 Å². The molecule has 0 aliphatic heterocycles. The van der Waals surface area contributed by atoms with Crippen molar-refractivity contribution in [3.63, 3.8) is 0 Å². The third kappa shape index (κ3) is 4.93. The molecule has 1 nitrogen and oxygen atoms in total. The van der Waals surface area contributed by atoms with E-state index < -0.39 is 0 Å². The molecule has 0 bridgehead atoms. The number of aryl methyl sites for hydroxylation is 2. The molecule has 1 heterocycles. The molecule has 0 spiro atoms. The van der Waals surface area contributed by atoms with Crippen LogP contribution in [-0.4, -0.2) is 4.98 Å². The van der Waals surface area contributed by atoms with E-state index in [1.54, 1.807) is 0 Å². The second kappa shape index (κ2) is 9.17. The topological polar surface area (TPSA) is 12.9 Å². The van der Waals surface area contributed by atoms with Crippen molar-refractivity contribution in [1.29, 1.82) is 0 Å². The highest BCUT2D eigenvalue weighted by Crippen LogP contribution is 2.39. The first kappa shape index (κ1) is 18.2. The van der Waals surface area contributed by atoms with Crippen molar-refractivity contribution in [2.45, 2.75) is 83.5 Å². The lowest BCUT2D eigenvalue weighted by molar-refractivity contribution is 0.391. The molecule has 2 aromatic rings. The highest BCUT2D eigenvalue weighted by molar-refractivity contribution is 5.26. The zero-order valence-corrected chi connectivity index (χ0v) is 16.0. The van der Waals surface area contributed by atoms with E-state index in [0.29, 0.717) is 5.92 Å². The maximum absolute atomic E-state index is 4.80. The van der Waals surface area contributed by atoms with Gasteiger partial charge < -0.3 is 0 Å². The van der Waals surface area contributed by atoms with Gasteiger partial charge in [0.15, 0.2) is 0 Å². The molecule has 1 fully saturated rings. The zero-order chi connectivity index (χ0) is 17.5. The standard InChI is InChI=1S/C24H33N/c1-3-5-6-7-20-10-17-24(25-18-20)23-15-13-22(14-16-23)21-11-8-19(4-2)9-12-21/h8-12,17-18,22-23H,3-7,13-16H2,1-2H3. The normalized spacial score (nSPS) is 20.6. The fourth-order valence-electron chi connectivity index (χ4n) is 4.15. The smallest absolute Gasteiger partial charge is 0.0434 e. The van der Waals surface area contributed by atoms with Crippen LogP contribution in [0.5, 0.6) is 0 Å². The number of hydrogen-bond donors (Lipinski definition) is 0. The van der Waals surface area contributed by atoms with E-state index in [9.17, 15) is 0 Å². The number of benzene rings is 1. The van der Waals surface area contributed by atoms with Crippen LogP contribution in [0.25, 0.3) is 0 Å². The van der Waals surface area contributed by atoms with E-state index >= 15 is 0 Å². The average Bonchev–Trinajstić information content (AvgIpc) is 2.69. The predicted molar refractivity (Wildman–Crippen MR) is 107 cm³/mol. The minimum atomic E-state index is 0.663. The molecule has 1 aromatic heterocycles. The van der Waals surface area contributed by atoms with Crippen LogP contribution in [0.2, 0.25) is 0 Å². The summed E-state index contributed by atoms with van der Waals surface area (Å²) in [5.41, 5.74) is 5.71. The maximum atomic E-state index is 4.80. The molecule has 1 aromatic carbocycles. The lowest BCUT2D eigenvalue weighted by atomic mass is 9.77. The minimum absolute atomic E-state index is 0.663. The van der Waals surface area contributed by atoms with Crippen molar-refractivity contribution in [3.8, 4) is 0 Å². The molecule has 134 valence electrons. The van der Waals surface area contributed by atoms with Crippen molar-refractivity contribution in [3.05, 3.63) is 65.0 Å². The van der Waals surface area contributed by atoms with Crippen LogP contribution in [-0.2, 0) is 12.8 Å². The summed E-state index contributed by atoms with van der Waals surface area (Å²) < 4.78 is 0. The summed E-state index contributed by atoms with van der Waals surface area (Å²) in [5.74, 6) is 1.41. The lowest BCUT2D eigenvalue weighted by Crippen LogP contribution is -2.13. The zero-order valence-electron chi connectivity index (χ0n) is 16.0. The number of pyridine rings is 1. The number of rotatable bonds is 7. The van der Waals surface area contributed by atoms with Gasteiger partial charge in [-0.2, -0.15) is 0 Å². The van der Waals surface area contributed by atoms with Crippen molar-refractivity contribution >= 4 is 0 Å². The van der Waals surface area contributed by atoms with Gasteiger partial charge in [-0.1, -0.05) is 57.0 Å². The molecule has 0 saturated heterocycles. The quantitative estimate of drug-likeness (QED) is 0.506. The monoisotopic (exact) mass is 335 g/mol. The SMILES string of the molecule is CCCCCc1ccc(C2CCC(c3ccc(CC)cc3)CC2)nc1. The Morgan fingerprint density at radius 2 is 1.48 bits per heavy atom. The van der Waals surface area contributed by atoms with Gasteiger partial charge >= 0.3 is 0 Å². The van der Waals surface area contributed by atoms with Gasteiger partial charge in [-0.15, -0.1) is 0 Å². The summed E-state index contributed by atoms with van der Waals surface area (Å²) in [4.78, 5) is 4.80. The molecule has 0 atom stereocenters. The van der Waals surface area contributed by atoms with Crippen LogP contribution < -0.4 is 0 Å². The van der Waals surface area contributed by atoms with Crippen LogP contribution in [0.4, 0.5) is 0 Å². The molecule has 1 aliphatic rings. The first-order valence-corrected chi connectivity index (χ1v) is 10.3. The molecule has 1 saturated carbocycles. The number of aromatic nitrogens is 1.